The number of phenolic OH excluding ortho intramolecular Hbond substituents is 1. The van der Waals surface area contributed by atoms with E-state index in [0.717, 1.165) is 73.8 Å². The number of hydrogen-bond acceptors (Lipinski definition) is 5. The third kappa shape index (κ3) is 4.77. The summed E-state index contributed by atoms with van der Waals surface area (Å²) in [6, 6.07) is 8.26. The van der Waals surface area contributed by atoms with Crippen molar-refractivity contribution in [1.82, 2.24) is 4.90 Å². The van der Waals surface area contributed by atoms with Crippen molar-refractivity contribution in [3.05, 3.63) is 46.5 Å². The second kappa shape index (κ2) is 10.2. The Balaban J connectivity index is 0.00000181. The molecule has 2 heterocycles. The van der Waals surface area contributed by atoms with Crippen molar-refractivity contribution in [2.24, 2.45) is 0 Å². The zero-order chi connectivity index (χ0) is 21.5. The van der Waals surface area contributed by atoms with Gasteiger partial charge in [-0.15, -0.1) is 12.4 Å². The van der Waals surface area contributed by atoms with E-state index in [9.17, 15) is 5.11 Å². The predicted molar refractivity (Wildman–Crippen MR) is 132 cm³/mol. The largest absolute Gasteiger partial charge is 0.507 e. The van der Waals surface area contributed by atoms with E-state index >= 15 is 0 Å². The highest BCUT2D eigenvalue weighted by Gasteiger charge is 2.36. The Labute approximate surface area is 197 Å². The Hall–Kier alpha value is -2.15. The minimum absolute atomic E-state index is 0. The van der Waals surface area contributed by atoms with Crippen LogP contribution in [0.2, 0.25) is 0 Å². The first-order chi connectivity index (χ1) is 14.3. The van der Waals surface area contributed by atoms with Crippen LogP contribution >= 0.6 is 12.4 Å². The van der Waals surface area contributed by atoms with Gasteiger partial charge in [0.2, 0.25) is 0 Å². The number of hydrogen-bond donors (Lipinski definition) is 1. The molecule has 2 aliphatic heterocycles. The number of halogens is 1. The molecule has 0 amide bonds. The molecule has 1 atom stereocenters. The van der Waals surface area contributed by atoms with E-state index in [1.807, 2.05) is 26.0 Å². The summed E-state index contributed by atoms with van der Waals surface area (Å²) in [4.78, 5) is 4.93. The van der Waals surface area contributed by atoms with Crippen LogP contribution in [0.1, 0.15) is 35.6 Å². The Kier molecular flexibility index (Phi) is 8.32. The molecule has 0 radical (unpaired) electrons. The van der Waals surface area contributed by atoms with E-state index < -0.39 is 0 Å². The van der Waals surface area contributed by atoms with E-state index in [2.05, 4.69) is 35.8 Å². The third-order valence-electron chi connectivity index (χ3n) is 6.95. The highest BCUT2D eigenvalue weighted by molar-refractivity contribution is 5.85. The zero-order valence-corrected chi connectivity index (χ0v) is 20.6. The minimum Gasteiger partial charge on any atom is -0.507 e. The molecule has 178 valence electrons. The van der Waals surface area contributed by atoms with Gasteiger partial charge in [-0.3, -0.25) is 4.90 Å². The molecule has 6 nitrogen and oxygen atoms in total. The van der Waals surface area contributed by atoms with E-state index in [-0.39, 0.29) is 23.5 Å². The number of rotatable bonds is 4. The van der Waals surface area contributed by atoms with Gasteiger partial charge in [0.15, 0.2) is 0 Å². The average Bonchev–Trinajstić information content (AvgIpc) is 2.76. The number of para-hydroxylation sites is 2. The molecule has 0 saturated carbocycles. The van der Waals surface area contributed by atoms with Crippen molar-refractivity contribution < 1.29 is 20.1 Å². The van der Waals surface area contributed by atoms with Crippen molar-refractivity contribution in [3.63, 3.8) is 0 Å². The van der Waals surface area contributed by atoms with Crippen LogP contribution in [0.5, 0.6) is 17.2 Å². The lowest BCUT2D eigenvalue weighted by Gasteiger charge is -2.43. The van der Waals surface area contributed by atoms with E-state index in [1.54, 1.807) is 7.11 Å². The maximum atomic E-state index is 10.4. The lowest BCUT2D eigenvalue weighted by molar-refractivity contribution is 0.0226. The molecule has 2 aliphatic rings. The molecular weight excluding hydrogens is 428 g/mol. The van der Waals surface area contributed by atoms with E-state index in [0.29, 0.717) is 5.75 Å². The number of piperazine rings is 1. The van der Waals surface area contributed by atoms with E-state index in [1.165, 1.54) is 11.3 Å². The van der Waals surface area contributed by atoms with Gasteiger partial charge in [-0.05, 0) is 69.4 Å². The first-order valence-corrected chi connectivity index (χ1v) is 10.9. The maximum Gasteiger partial charge on any atom is 0.142 e. The van der Waals surface area contributed by atoms with Crippen molar-refractivity contribution in [2.45, 2.75) is 46.1 Å². The number of fused-ring (bicyclic) bond motifs is 1. The fourth-order valence-corrected chi connectivity index (χ4v) is 4.92. The van der Waals surface area contributed by atoms with Gasteiger partial charge in [-0.2, -0.15) is 0 Å². The van der Waals surface area contributed by atoms with Crippen molar-refractivity contribution >= 4 is 18.1 Å². The molecule has 3 N–H and O–H groups in total. The number of ether oxygens (including phenoxy) is 2. The summed E-state index contributed by atoms with van der Waals surface area (Å²) in [6.45, 7) is 13.2. The summed E-state index contributed by atoms with van der Waals surface area (Å²) in [6.07, 6.45) is 1.92. The lowest BCUT2D eigenvalue weighted by atomic mass is 9.86. The molecule has 2 aromatic carbocycles. The quantitative estimate of drug-likeness (QED) is 0.744. The zero-order valence-electron chi connectivity index (χ0n) is 19.8. The van der Waals surface area contributed by atoms with Gasteiger partial charge in [0.25, 0.3) is 0 Å². The molecule has 0 aromatic heterocycles. The van der Waals surface area contributed by atoms with Crippen molar-refractivity contribution in [3.8, 4) is 17.2 Å². The smallest absolute Gasteiger partial charge is 0.142 e. The average molecular weight is 465 g/mol. The van der Waals surface area contributed by atoms with Crippen molar-refractivity contribution in [2.75, 3.05) is 44.7 Å². The highest BCUT2D eigenvalue weighted by Crippen LogP contribution is 2.43. The summed E-state index contributed by atoms with van der Waals surface area (Å²) in [5.41, 5.74) is 5.12. The molecule has 1 saturated heterocycles. The summed E-state index contributed by atoms with van der Waals surface area (Å²) in [5, 5.41) is 10.4. The van der Waals surface area contributed by atoms with Gasteiger partial charge in [-0.25, -0.2) is 0 Å². The van der Waals surface area contributed by atoms with Crippen LogP contribution in [0.3, 0.4) is 0 Å². The van der Waals surface area contributed by atoms with Crippen LogP contribution in [-0.2, 0) is 6.42 Å². The monoisotopic (exact) mass is 464 g/mol. The molecule has 1 fully saturated rings. The number of phenols is 1. The molecule has 0 spiro atoms. The molecule has 7 heteroatoms. The van der Waals surface area contributed by atoms with Gasteiger partial charge in [0.05, 0.1) is 12.8 Å². The molecule has 0 aliphatic carbocycles. The predicted octanol–water partition coefficient (Wildman–Crippen LogP) is 3.83. The summed E-state index contributed by atoms with van der Waals surface area (Å²) < 4.78 is 12.2. The van der Waals surface area contributed by atoms with Crippen molar-refractivity contribution in [1.29, 1.82) is 0 Å². The van der Waals surface area contributed by atoms with E-state index in [4.69, 9.17) is 9.47 Å². The van der Waals surface area contributed by atoms with Crippen LogP contribution in [0.15, 0.2) is 24.3 Å². The van der Waals surface area contributed by atoms with Gasteiger partial charge in [0, 0.05) is 38.3 Å². The molecular formula is C25H37ClN2O4. The number of benzene rings is 2. The van der Waals surface area contributed by atoms with Gasteiger partial charge in [0.1, 0.15) is 22.8 Å². The minimum atomic E-state index is -0.208. The molecule has 2 aromatic rings. The SMILES string of the molecule is COc1ccccc1N1CCN(CC2(C)CCc3c(C)c(O)c(C)c(C)c3O2)CC1.Cl.O. The first kappa shape index (κ1) is 26.1. The normalized spacial score (nSPS) is 20.5. The second-order valence-electron chi connectivity index (χ2n) is 9.02. The number of aromatic hydroxyl groups is 1. The van der Waals surface area contributed by atoms with Crippen LogP contribution in [0.4, 0.5) is 5.69 Å². The van der Waals surface area contributed by atoms with Gasteiger partial charge < -0.3 is 25.0 Å². The molecule has 4 rings (SSSR count). The molecule has 1 unspecified atom stereocenters. The number of methoxy groups -OCH3 is 1. The van der Waals surface area contributed by atoms with Crippen LogP contribution in [0.25, 0.3) is 0 Å². The Morgan fingerprint density at radius 3 is 2.34 bits per heavy atom. The topological polar surface area (TPSA) is 76.7 Å². The standard InChI is InChI=1S/C25H34N2O3.ClH.H2O/c1-17-18(2)24-20(19(3)23(17)28)10-11-25(4,30-24)16-26-12-14-27(15-13-26)21-8-6-7-9-22(21)29-5;;/h6-9,28H,10-16H2,1-5H3;1H;1H2. The van der Waals surface area contributed by atoms with Crippen LogP contribution < -0.4 is 14.4 Å². The van der Waals surface area contributed by atoms with Gasteiger partial charge in [-0.1, -0.05) is 12.1 Å². The number of nitrogens with zero attached hydrogens (tertiary/aromatic N) is 2. The third-order valence-corrected chi connectivity index (χ3v) is 6.95. The number of anilines is 1. The Morgan fingerprint density at radius 2 is 1.69 bits per heavy atom. The fourth-order valence-electron chi connectivity index (χ4n) is 4.92. The fraction of sp³-hybridized carbons (Fsp3) is 0.520. The second-order valence-corrected chi connectivity index (χ2v) is 9.02. The highest BCUT2D eigenvalue weighted by atomic mass is 35.5. The Morgan fingerprint density at radius 1 is 1.03 bits per heavy atom. The van der Waals surface area contributed by atoms with Crippen LogP contribution in [0, 0.1) is 20.8 Å². The van der Waals surface area contributed by atoms with Crippen LogP contribution in [-0.4, -0.2) is 60.9 Å². The Bertz CT molecular complexity index is 944. The summed E-state index contributed by atoms with van der Waals surface area (Å²) in [7, 11) is 1.74. The maximum absolute atomic E-state index is 10.4. The summed E-state index contributed by atoms with van der Waals surface area (Å²) >= 11 is 0. The molecule has 0 bridgehead atoms. The van der Waals surface area contributed by atoms with Gasteiger partial charge >= 0.3 is 0 Å². The summed E-state index contributed by atoms with van der Waals surface area (Å²) in [5.74, 6) is 2.35. The molecule has 32 heavy (non-hydrogen) atoms. The first-order valence-electron chi connectivity index (χ1n) is 10.9. The lowest BCUT2D eigenvalue weighted by Crippen LogP contribution is -2.54.